The SMILES string of the molecule is COc1ccc(Cl)cc1NCCC(=O)NCc1ccc(-n2cncn2)cc1. The minimum Gasteiger partial charge on any atom is -0.495 e. The van der Waals surface area contributed by atoms with Gasteiger partial charge in [0.2, 0.25) is 5.91 Å². The minimum absolute atomic E-state index is 0.0381. The molecule has 140 valence electrons. The van der Waals surface area contributed by atoms with Gasteiger partial charge in [0.15, 0.2) is 0 Å². The van der Waals surface area contributed by atoms with E-state index in [9.17, 15) is 4.79 Å². The second-order valence-electron chi connectivity index (χ2n) is 5.80. The van der Waals surface area contributed by atoms with E-state index in [0.717, 1.165) is 16.9 Å². The number of nitrogens with zero attached hydrogens (tertiary/aromatic N) is 3. The van der Waals surface area contributed by atoms with Crippen molar-refractivity contribution in [1.82, 2.24) is 20.1 Å². The van der Waals surface area contributed by atoms with Crippen LogP contribution in [0.1, 0.15) is 12.0 Å². The van der Waals surface area contributed by atoms with Crippen LogP contribution in [0.4, 0.5) is 5.69 Å². The van der Waals surface area contributed by atoms with Crippen molar-refractivity contribution in [3.05, 3.63) is 65.7 Å². The van der Waals surface area contributed by atoms with Gasteiger partial charge in [-0.15, -0.1) is 0 Å². The Hall–Kier alpha value is -3.06. The van der Waals surface area contributed by atoms with Crippen LogP contribution < -0.4 is 15.4 Å². The summed E-state index contributed by atoms with van der Waals surface area (Å²) >= 11 is 5.99. The van der Waals surface area contributed by atoms with Crippen LogP contribution in [-0.2, 0) is 11.3 Å². The van der Waals surface area contributed by atoms with Gasteiger partial charge in [-0.3, -0.25) is 4.79 Å². The maximum atomic E-state index is 12.1. The van der Waals surface area contributed by atoms with E-state index in [1.807, 2.05) is 24.3 Å². The van der Waals surface area contributed by atoms with Gasteiger partial charge in [0.25, 0.3) is 0 Å². The lowest BCUT2D eigenvalue weighted by Gasteiger charge is -2.11. The first-order valence-corrected chi connectivity index (χ1v) is 8.81. The maximum absolute atomic E-state index is 12.1. The second kappa shape index (κ2) is 9.05. The zero-order valence-electron chi connectivity index (χ0n) is 14.9. The van der Waals surface area contributed by atoms with Gasteiger partial charge in [-0.2, -0.15) is 5.10 Å². The lowest BCUT2D eigenvalue weighted by molar-refractivity contribution is -0.121. The average molecular weight is 386 g/mol. The molecule has 27 heavy (non-hydrogen) atoms. The Kier molecular flexibility index (Phi) is 6.27. The number of benzene rings is 2. The van der Waals surface area contributed by atoms with Crippen molar-refractivity contribution in [3.8, 4) is 11.4 Å². The highest BCUT2D eigenvalue weighted by Gasteiger charge is 2.06. The van der Waals surface area contributed by atoms with E-state index in [2.05, 4.69) is 20.7 Å². The van der Waals surface area contributed by atoms with Gasteiger partial charge >= 0.3 is 0 Å². The average Bonchev–Trinajstić information content (AvgIpc) is 3.22. The number of amides is 1. The largest absolute Gasteiger partial charge is 0.495 e. The van der Waals surface area contributed by atoms with Crippen molar-refractivity contribution in [2.45, 2.75) is 13.0 Å². The predicted octanol–water partition coefficient (Wildman–Crippen LogP) is 3.05. The monoisotopic (exact) mass is 385 g/mol. The Bertz CT molecular complexity index is 882. The van der Waals surface area contributed by atoms with Gasteiger partial charge in [0.1, 0.15) is 18.4 Å². The fourth-order valence-corrected chi connectivity index (χ4v) is 2.70. The second-order valence-corrected chi connectivity index (χ2v) is 6.24. The van der Waals surface area contributed by atoms with Crippen LogP contribution >= 0.6 is 11.6 Å². The number of nitrogens with one attached hydrogen (secondary N) is 2. The predicted molar refractivity (Wildman–Crippen MR) is 104 cm³/mol. The smallest absolute Gasteiger partial charge is 0.222 e. The molecule has 0 fully saturated rings. The van der Waals surface area contributed by atoms with Gasteiger partial charge in [-0.25, -0.2) is 9.67 Å². The van der Waals surface area contributed by atoms with Crippen LogP contribution in [0.3, 0.4) is 0 Å². The summed E-state index contributed by atoms with van der Waals surface area (Å²) in [7, 11) is 1.59. The van der Waals surface area contributed by atoms with E-state index < -0.39 is 0 Å². The number of aromatic nitrogens is 3. The molecule has 7 nitrogen and oxygen atoms in total. The number of carbonyl (C=O) groups is 1. The zero-order chi connectivity index (χ0) is 19.1. The van der Waals surface area contributed by atoms with Crippen LogP contribution in [0.25, 0.3) is 5.69 Å². The molecule has 0 radical (unpaired) electrons. The summed E-state index contributed by atoms with van der Waals surface area (Å²) in [4.78, 5) is 16.0. The van der Waals surface area contributed by atoms with E-state index in [0.29, 0.717) is 30.3 Å². The summed E-state index contributed by atoms with van der Waals surface area (Å²) in [5.41, 5.74) is 2.69. The first-order valence-electron chi connectivity index (χ1n) is 8.44. The molecule has 3 rings (SSSR count). The van der Waals surface area contributed by atoms with Crippen LogP contribution in [0, 0.1) is 0 Å². The molecule has 8 heteroatoms. The van der Waals surface area contributed by atoms with Crippen LogP contribution in [0.2, 0.25) is 5.02 Å². The number of methoxy groups -OCH3 is 1. The van der Waals surface area contributed by atoms with Gasteiger partial charge < -0.3 is 15.4 Å². The van der Waals surface area contributed by atoms with Crippen LogP contribution in [0.5, 0.6) is 5.75 Å². The number of rotatable bonds is 8. The quantitative estimate of drug-likeness (QED) is 0.623. The summed E-state index contributed by atoms with van der Waals surface area (Å²) in [6.07, 6.45) is 3.46. The molecular weight excluding hydrogens is 366 g/mol. The van der Waals surface area contributed by atoms with Crippen molar-refractivity contribution in [3.63, 3.8) is 0 Å². The standard InChI is InChI=1S/C19H20ClN5O2/c1-27-18-7-4-15(20)10-17(18)22-9-8-19(26)23-11-14-2-5-16(6-3-14)25-13-21-12-24-25/h2-7,10,12-13,22H,8-9,11H2,1H3,(H,23,26). The van der Waals surface area contributed by atoms with E-state index in [1.54, 1.807) is 36.3 Å². The van der Waals surface area contributed by atoms with Crippen molar-refractivity contribution in [2.75, 3.05) is 19.0 Å². The molecule has 0 aliphatic carbocycles. The molecular formula is C19H20ClN5O2. The topological polar surface area (TPSA) is 81.1 Å². The third kappa shape index (κ3) is 5.21. The lowest BCUT2D eigenvalue weighted by atomic mass is 10.2. The number of halogens is 1. The summed E-state index contributed by atoms with van der Waals surface area (Å²) < 4.78 is 6.95. The highest BCUT2D eigenvalue weighted by atomic mass is 35.5. The molecule has 0 spiro atoms. The first kappa shape index (κ1) is 18.7. The molecule has 2 N–H and O–H groups in total. The number of carbonyl (C=O) groups excluding carboxylic acids is 1. The fraction of sp³-hybridized carbons (Fsp3) is 0.211. The number of ether oxygens (including phenoxy) is 1. The normalized spacial score (nSPS) is 10.4. The lowest BCUT2D eigenvalue weighted by Crippen LogP contribution is -2.24. The van der Waals surface area contributed by atoms with Gasteiger partial charge in [-0.05, 0) is 35.9 Å². The molecule has 1 heterocycles. The van der Waals surface area contributed by atoms with Crippen molar-refractivity contribution < 1.29 is 9.53 Å². The molecule has 0 atom stereocenters. The Morgan fingerprint density at radius 1 is 1.22 bits per heavy atom. The van der Waals surface area contributed by atoms with Gasteiger partial charge in [-0.1, -0.05) is 23.7 Å². The van der Waals surface area contributed by atoms with Crippen LogP contribution in [-0.4, -0.2) is 34.3 Å². The summed E-state index contributed by atoms with van der Waals surface area (Å²) in [6.45, 7) is 0.949. The van der Waals surface area contributed by atoms with E-state index in [1.165, 1.54) is 6.33 Å². The van der Waals surface area contributed by atoms with Crippen molar-refractivity contribution in [1.29, 1.82) is 0 Å². The Morgan fingerprint density at radius 3 is 2.74 bits per heavy atom. The minimum atomic E-state index is -0.0381. The fourth-order valence-electron chi connectivity index (χ4n) is 2.53. The number of hydrogen-bond donors (Lipinski definition) is 2. The first-order chi connectivity index (χ1) is 13.2. The molecule has 1 aromatic heterocycles. The summed E-state index contributed by atoms with van der Waals surface area (Å²) in [6, 6.07) is 13.1. The van der Waals surface area contributed by atoms with E-state index >= 15 is 0 Å². The molecule has 3 aromatic rings. The molecule has 1 amide bonds. The Morgan fingerprint density at radius 2 is 2.04 bits per heavy atom. The third-order valence-corrected chi connectivity index (χ3v) is 4.17. The van der Waals surface area contributed by atoms with Crippen molar-refractivity contribution in [2.24, 2.45) is 0 Å². The molecule has 0 bridgehead atoms. The van der Waals surface area contributed by atoms with E-state index in [-0.39, 0.29) is 5.91 Å². The number of anilines is 1. The molecule has 0 aliphatic heterocycles. The summed E-state index contributed by atoms with van der Waals surface area (Å²) in [5, 5.41) is 10.8. The molecule has 0 unspecified atom stereocenters. The highest BCUT2D eigenvalue weighted by Crippen LogP contribution is 2.27. The van der Waals surface area contributed by atoms with Gasteiger partial charge in [0, 0.05) is 24.5 Å². The zero-order valence-corrected chi connectivity index (χ0v) is 15.6. The van der Waals surface area contributed by atoms with Gasteiger partial charge in [0.05, 0.1) is 18.5 Å². The molecule has 0 aliphatic rings. The molecule has 2 aromatic carbocycles. The Balaban J connectivity index is 1.44. The third-order valence-electron chi connectivity index (χ3n) is 3.94. The molecule has 0 saturated heterocycles. The Labute approximate surface area is 162 Å². The number of hydrogen-bond acceptors (Lipinski definition) is 5. The molecule has 0 saturated carbocycles. The highest BCUT2D eigenvalue weighted by molar-refractivity contribution is 6.30. The van der Waals surface area contributed by atoms with E-state index in [4.69, 9.17) is 16.3 Å². The van der Waals surface area contributed by atoms with Crippen molar-refractivity contribution >= 4 is 23.2 Å². The maximum Gasteiger partial charge on any atom is 0.222 e. The summed E-state index contributed by atoms with van der Waals surface area (Å²) in [5.74, 6) is 0.649. The van der Waals surface area contributed by atoms with Crippen LogP contribution in [0.15, 0.2) is 55.1 Å².